The maximum absolute atomic E-state index is 14.8. The van der Waals surface area contributed by atoms with Crippen LogP contribution in [0.4, 0.5) is 26.3 Å². The molecule has 0 aliphatic carbocycles. The molecular formula is C43H29F6N3. The molecule has 2 aromatic heterocycles. The van der Waals surface area contributed by atoms with E-state index in [1.807, 2.05) is 110 Å². The Morgan fingerprint density at radius 1 is 0.500 bits per heavy atom. The number of hydrogen-bond donors (Lipinski definition) is 0. The molecule has 0 bridgehead atoms. The predicted molar refractivity (Wildman–Crippen MR) is 194 cm³/mol. The van der Waals surface area contributed by atoms with Gasteiger partial charge >= 0.3 is 12.4 Å². The molecule has 8 aromatic rings. The van der Waals surface area contributed by atoms with Crippen LogP contribution in [0.15, 0.2) is 103 Å². The van der Waals surface area contributed by atoms with Crippen LogP contribution in [0, 0.1) is 39.0 Å². The van der Waals surface area contributed by atoms with Crippen molar-refractivity contribution in [1.29, 1.82) is 5.26 Å². The standard InChI is InChI=1S/C43H29F6N3/c1-23-9-5-13-30-31-14-6-10-24(2)39(31)51(38(23)30)36-19-27(29-18-17-28(42(44,45)46)21-35(29)43(47,48)49)20-37(34(36)22-50)52-40-25(3)11-7-15-32(40)33-16-8-12-26(4)41(33)52/h5-21H,1-4H3. The molecule has 3 nitrogen and oxygen atoms in total. The third-order valence-corrected chi connectivity index (χ3v) is 10.1. The third kappa shape index (κ3) is 4.89. The molecule has 0 aliphatic rings. The number of hydrogen-bond acceptors (Lipinski definition) is 1. The fourth-order valence-electron chi connectivity index (χ4n) is 7.84. The number of nitrogens with zero attached hydrogens (tertiary/aromatic N) is 3. The lowest BCUT2D eigenvalue weighted by molar-refractivity contribution is -0.142. The van der Waals surface area contributed by atoms with Crippen molar-refractivity contribution in [2.24, 2.45) is 0 Å². The molecule has 0 unspecified atom stereocenters. The number of aromatic nitrogens is 2. The van der Waals surface area contributed by atoms with Crippen molar-refractivity contribution in [2.45, 2.75) is 40.0 Å². The zero-order valence-electron chi connectivity index (χ0n) is 28.4. The molecule has 0 saturated carbocycles. The Morgan fingerprint density at radius 3 is 1.21 bits per heavy atom. The predicted octanol–water partition coefficient (Wildman–Crippen LogP) is 12.7. The monoisotopic (exact) mass is 701 g/mol. The van der Waals surface area contributed by atoms with Gasteiger partial charge in [-0.05, 0) is 85.3 Å². The molecule has 0 spiro atoms. The maximum atomic E-state index is 14.8. The zero-order chi connectivity index (χ0) is 36.9. The van der Waals surface area contributed by atoms with E-state index in [9.17, 15) is 31.6 Å². The molecule has 0 saturated heterocycles. The van der Waals surface area contributed by atoms with Crippen molar-refractivity contribution < 1.29 is 26.3 Å². The van der Waals surface area contributed by atoms with Gasteiger partial charge in [-0.25, -0.2) is 0 Å². The van der Waals surface area contributed by atoms with E-state index in [1.165, 1.54) is 12.1 Å². The third-order valence-electron chi connectivity index (χ3n) is 10.1. The lowest BCUT2D eigenvalue weighted by atomic mass is 9.94. The molecule has 2 heterocycles. The first-order valence-electron chi connectivity index (χ1n) is 16.6. The highest BCUT2D eigenvalue weighted by atomic mass is 19.4. The molecule has 9 heteroatoms. The Bertz CT molecular complexity index is 2560. The Hall–Kier alpha value is -6.01. The number of fused-ring (bicyclic) bond motifs is 6. The van der Waals surface area contributed by atoms with Gasteiger partial charge in [0.25, 0.3) is 0 Å². The number of rotatable bonds is 3. The Morgan fingerprint density at radius 2 is 0.885 bits per heavy atom. The largest absolute Gasteiger partial charge is 0.417 e. The summed E-state index contributed by atoms with van der Waals surface area (Å²) in [6, 6.07) is 30.5. The van der Waals surface area contributed by atoms with E-state index in [2.05, 4.69) is 6.07 Å². The smallest absolute Gasteiger partial charge is 0.307 e. The molecule has 8 rings (SSSR count). The van der Waals surface area contributed by atoms with Crippen LogP contribution in [0.2, 0.25) is 0 Å². The zero-order valence-corrected chi connectivity index (χ0v) is 28.4. The second-order valence-corrected chi connectivity index (χ2v) is 13.3. The minimum absolute atomic E-state index is 0.0133. The van der Waals surface area contributed by atoms with Crippen molar-refractivity contribution in [1.82, 2.24) is 9.13 Å². The summed E-state index contributed by atoms with van der Waals surface area (Å²) in [6.45, 7) is 7.73. The second kappa shape index (κ2) is 11.5. The van der Waals surface area contributed by atoms with Gasteiger partial charge in [0.2, 0.25) is 0 Å². The van der Waals surface area contributed by atoms with E-state index < -0.39 is 29.0 Å². The number of aryl methyl sites for hydroxylation is 4. The number of halogens is 6. The topological polar surface area (TPSA) is 33.6 Å². The van der Waals surface area contributed by atoms with Crippen LogP contribution >= 0.6 is 0 Å². The number of nitriles is 1. The first kappa shape index (κ1) is 33.2. The SMILES string of the molecule is Cc1cccc2c3cccc(C)c3n(-c3cc(-c4ccc(C(F)(F)F)cc4C(F)(F)F)cc(-n4c5c(C)cccc5c5cccc(C)c54)c3C#N)c12. The van der Waals surface area contributed by atoms with Crippen molar-refractivity contribution in [3.63, 3.8) is 0 Å². The van der Waals surface area contributed by atoms with E-state index >= 15 is 0 Å². The molecular weight excluding hydrogens is 672 g/mol. The van der Waals surface area contributed by atoms with Gasteiger partial charge in [-0.15, -0.1) is 0 Å². The molecule has 258 valence electrons. The Kier molecular flexibility index (Phi) is 7.33. The highest BCUT2D eigenvalue weighted by Gasteiger charge is 2.39. The molecule has 0 amide bonds. The van der Waals surface area contributed by atoms with Crippen LogP contribution in [0.25, 0.3) is 66.1 Å². The summed E-state index contributed by atoms with van der Waals surface area (Å²) in [6.07, 6.45) is -10.1. The molecule has 0 atom stereocenters. The van der Waals surface area contributed by atoms with Crippen LogP contribution < -0.4 is 0 Å². The fourth-order valence-corrected chi connectivity index (χ4v) is 7.84. The average molecular weight is 702 g/mol. The molecule has 52 heavy (non-hydrogen) atoms. The van der Waals surface area contributed by atoms with Gasteiger partial charge in [0, 0.05) is 21.5 Å². The fraction of sp³-hybridized carbons (Fsp3) is 0.140. The number of para-hydroxylation sites is 4. The van der Waals surface area contributed by atoms with E-state index in [0.29, 0.717) is 17.4 Å². The minimum Gasteiger partial charge on any atom is -0.307 e. The van der Waals surface area contributed by atoms with E-state index in [-0.39, 0.29) is 17.2 Å². The Balaban J connectivity index is 1.62. The summed E-state index contributed by atoms with van der Waals surface area (Å²) < 4.78 is 89.7. The lowest BCUT2D eigenvalue weighted by Gasteiger charge is -2.21. The van der Waals surface area contributed by atoms with Crippen LogP contribution in [0.3, 0.4) is 0 Å². The molecule has 0 N–H and O–H groups in total. The summed E-state index contributed by atoms with van der Waals surface area (Å²) in [5, 5.41) is 14.7. The first-order valence-corrected chi connectivity index (χ1v) is 16.6. The number of alkyl halides is 6. The molecule has 0 fully saturated rings. The van der Waals surface area contributed by atoms with E-state index in [4.69, 9.17) is 0 Å². The lowest BCUT2D eigenvalue weighted by Crippen LogP contribution is -2.13. The van der Waals surface area contributed by atoms with E-state index in [0.717, 1.165) is 71.9 Å². The quantitative estimate of drug-likeness (QED) is 0.169. The summed E-state index contributed by atoms with van der Waals surface area (Å²) >= 11 is 0. The highest BCUT2D eigenvalue weighted by Crippen LogP contribution is 2.45. The minimum atomic E-state index is -5.12. The summed E-state index contributed by atoms with van der Waals surface area (Å²) in [7, 11) is 0. The van der Waals surface area contributed by atoms with Crippen LogP contribution in [-0.4, -0.2) is 9.13 Å². The average Bonchev–Trinajstić information content (AvgIpc) is 3.63. The Labute approximate surface area is 294 Å². The van der Waals surface area contributed by atoms with Crippen molar-refractivity contribution in [3.05, 3.63) is 142 Å². The van der Waals surface area contributed by atoms with Gasteiger partial charge in [-0.3, -0.25) is 0 Å². The maximum Gasteiger partial charge on any atom is 0.417 e. The summed E-state index contributed by atoms with van der Waals surface area (Å²) in [5.41, 5.74) is 4.13. The van der Waals surface area contributed by atoms with Gasteiger partial charge in [0.1, 0.15) is 11.6 Å². The van der Waals surface area contributed by atoms with Gasteiger partial charge < -0.3 is 9.13 Å². The summed E-state index contributed by atoms with van der Waals surface area (Å²) in [4.78, 5) is 0. The first-order chi connectivity index (χ1) is 24.7. The number of benzene rings is 6. The molecule has 6 aromatic carbocycles. The van der Waals surface area contributed by atoms with Crippen molar-refractivity contribution >= 4 is 43.6 Å². The van der Waals surface area contributed by atoms with Gasteiger partial charge in [0.05, 0.1) is 44.6 Å². The van der Waals surface area contributed by atoms with Crippen LogP contribution in [0.5, 0.6) is 0 Å². The van der Waals surface area contributed by atoms with Crippen molar-refractivity contribution in [2.75, 3.05) is 0 Å². The van der Waals surface area contributed by atoms with Crippen molar-refractivity contribution in [3.8, 4) is 28.6 Å². The van der Waals surface area contributed by atoms with Crippen LogP contribution in [0.1, 0.15) is 38.9 Å². The van der Waals surface area contributed by atoms with Gasteiger partial charge in [-0.2, -0.15) is 31.6 Å². The van der Waals surface area contributed by atoms with E-state index in [1.54, 1.807) is 0 Å². The summed E-state index contributed by atoms with van der Waals surface area (Å²) in [5.74, 6) is 0. The second-order valence-electron chi connectivity index (χ2n) is 13.3. The molecule has 0 aliphatic heterocycles. The van der Waals surface area contributed by atoms with Gasteiger partial charge in [0.15, 0.2) is 0 Å². The molecule has 0 radical (unpaired) electrons. The highest BCUT2D eigenvalue weighted by molar-refractivity contribution is 6.13. The van der Waals surface area contributed by atoms with Crippen LogP contribution in [-0.2, 0) is 12.4 Å². The van der Waals surface area contributed by atoms with Gasteiger partial charge in [-0.1, -0.05) is 78.9 Å². The normalized spacial score (nSPS) is 12.4.